The molecule has 1 amide bonds. The molecule has 6 aliphatic rings. The molecular formula is C89H86BrCl14F4N5O15S. The highest BCUT2D eigenvalue weighted by atomic mass is 79.9. The van der Waals surface area contributed by atoms with Gasteiger partial charge in [-0.2, -0.15) is 0 Å². The van der Waals surface area contributed by atoms with Gasteiger partial charge in [-0.25, -0.2) is 45.1 Å². The number of aliphatic hydroxyl groups is 2. The van der Waals surface area contributed by atoms with E-state index in [1.54, 1.807) is 30.3 Å². The van der Waals surface area contributed by atoms with Gasteiger partial charge in [0.1, 0.15) is 64.6 Å². The number of carbonyl (C=O) groups is 4. The zero-order valence-corrected chi connectivity index (χ0v) is 81.7. The second kappa shape index (κ2) is 50.6. The number of aromatic hydroxyl groups is 1. The molecule has 9 aromatic rings. The Labute approximate surface area is 822 Å². The lowest BCUT2D eigenvalue weighted by atomic mass is 9.98. The summed E-state index contributed by atoms with van der Waals surface area (Å²) in [6, 6.07) is 35.8. The van der Waals surface area contributed by atoms with Gasteiger partial charge in [-0.05, 0) is 154 Å². The third-order valence-corrected chi connectivity index (χ3v) is 28.0. The normalized spacial score (nSPS) is 15.6. The minimum absolute atomic E-state index is 0.0345. The molecule has 5 N–H and O–H groups in total. The molecule has 9 aromatic carbocycles. The number of piperidine rings is 4. The number of amides is 1. The molecule has 696 valence electrons. The number of aliphatic hydroxyl groups excluding tert-OH is 2. The predicted molar refractivity (Wildman–Crippen MR) is 510 cm³/mol. The Morgan fingerprint density at radius 3 is 0.969 bits per heavy atom. The number of phenolic OH excluding ortho intramolecular Hbond substituents is 1. The minimum atomic E-state index is -3.79. The van der Waals surface area contributed by atoms with Crippen molar-refractivity contribution < 1.29 is 89.3 Å². The molecule has 4 heterocycles. The summed E-state index contributed by atoms with van der Waals surface area (Å²) in [5, 5.41) is 41.1. The van der Waals surface area contributed by atoms with Crippen LogP contribution in [0, 0.1) is 23.3 Å². The number of hydrogen-bond acceptors (Lipinski definition) is 18. The Morgan fingerprint density at radius 1 is 0.364 bits per heavy atom. The summed E-state index contributed by atoms with van der Waals surface area (Å²) in [6.07, 6.45) is 12.2. The number of aromatic carboxylic acids is 1. The van der Waals surface area contributed by atoms with Gasteiger partial charge in [0.25, 0.3) is 5.91 Å². The fourth-order valence-corrected chi connectivity index (χ4v) is 17.6. The van der Waals surface area contributed by atoms with E-state index in [2.05, 4.69) is 45.0 Å². The summed E-state index contributed by atoms with van der Waals surface area (Å²) in [4.78, 5) is 54.3. The number of methoxy groups -OCH3 is 2. The van der Waals surface area contributed by atoms with Crippen molar-refractivity contribution in [2.75, 3.05) is 86.2 Å². The van der Waals surface area contributed by atoms with Crippen LogP contribution in [0.1, 0.15) is 138 Å². The van der Waals surface area contributed by atoms with Gasteiger partial charge in [-0.3, -0.25) is 4.79 Å². The fourth-order valence-electron chi connectivity index (χ4n) is 13.5. The number of carboxylic acid groups (broad SMARTS) is 1. The topological polar surface area (TPSA) is 254 Å². The molecular weight excluding hydrogens is 2060 g/mol. The van der Waals surface area contributed by atoms with E-state index >= 15 is 0 Å². The highest BCUT2D eigenvalue weighted by Gasteiger charge is 2.38. The number of carboxylic acids is 1. The van der Waals surface area contributed by atoms with Crippen LogP contribution < -0.4 is 38.5 Å². The number of ether oxygens (including phenoxy) is 5. The average molecular weight is 2150 g/mol. The minimum Gasteiger partial charge on any atom is -0.506 e. The van der Waals surface area contributed by atoms with E-state index in [0.717, 1.165) is 155 Å². The number of hydrogen-bond donors (Lipinski definition) is 5. The monoisotopic (exact) mass is 2140 g/mol. The Morgan fingerprint density at radius 2 is 0.659 bits per heavy atom. The van der Waals surface area contributed by atoms with Gasteiger partial charge >= 0.3 is 17.9 Å². The van der Waals surface area contributed by atoms with E-state index in [0.29, 0.717) is 102 Å². The summed E-state index contributed by atoms with van der Waals surface area (Å²) in [5.74, 6) is -7.32. The molecule has 6 fully saturated rings. The highest BCUT2D eigenvalue weighted by molar-refractivity contribution is 9.10. The summed E-state index contributed by atoms with van der Waals surface area (Å²) < 4.78 is 109. The molecule has 2 saturated carbocycles. The van der Waals surface area contributed by atoms with Crippen LogP contribution in [0.25, 0.3) is 0 Å². The van der Waals surface area contributed by atoms with E-state index in [4.69, 9.17) is 192 Å². The molecule has 40 heteroatoms. The Kier molecular flexibility index (Phi) is 41.6. The number of rotatable bonds is 16. The molecule has 0 aromatic heterocycles. The van der Waals surface area contributed by atoms with Crippen LogP contribution >= 0.6 is 178 Å². The van der Waals surface area contributed by atoms with Crippen LogP contribution in [0.4, 0.5) is 40.3 Å². The highest BCUT2D eigenvalue weighted by Crippen LogP contribution is 2.40. The Hall–Kier alpha value is -6.61. The number of phenols is 1. The van der Waals surface area contributed by atoms with Crippen LogP contribution in [0.3, 0.4) is 0 Å². The van der Waals surface area contributed by atoms with Crippen molar-refractivity contribution in [3.05, 3.63) is 260 Å². The quantitative estimate of drug-likeness (QED) is 0.0342. The zero-order valence-electron chi connectivity index (χ0n) is 68.7. The number of anilines is 4. The number of nitrogens with zero attached hydrogens (tertiary/aromatic N) is 4. The molecule has 4 saturated heterocycles. The lowest BCUT2D eigenvalue weighted by Crippen LogP contribution is -2.38. The molecule has 0 atom stereocenters. The first-order chi connectivity index (χ1) is 61.2. The zero-order chi connectivity index (χ0) is 94.3. The van der Waals surface area contributed by atoms with E-state index in [1.807, 2.05) is 65.4 Å². The van der Waals surface area contributed by atoms with E-state index < -0.39 is 79.2 Å². The van der Waals surface area contributed by atoms with Gasteiger partial charge < -0.3 is 63.7 Å². The number of nitrogens with one attached hydrogen (secondary N) is 1. The van der Waals surface area contributed by atoms with Crippen molar-refractivity contribution in [3.8, 4) is 23.0 Å². The predicted octanol–water partition coefficient (Wildman–Crippen LogP) is 26.2. The Balaban J connectivity index is 0.000000178. The largest absolute Gasteiger partial charge is 0.506 e. The van der Waals surface area contributed by atoms with E-state index in [9.17, 15) is 50.3 Å². The van der Waals surface area contributed by atoms with Gasteiger partial charge in [0.2, 0.25) is 10.0 Å². The lowest BCUT2D eigenvalue weighted by Gasteiger charge is -2.34. The standard InChI is InChI=1S/C21H20Cl3FN2O4S.C19H17Cl3FNO3.C18H15Cl3FNO3.C11H13Cl2NO.C8H6ClFO3.C6H3BrCl2.C6H12O/c22-16-4-1-12(9-17(16)23)27-7-5-13(6-8-27)31-20-11-19(25)15(10-18(20)24)21(28)26-32(29,30)14-2-3-14;1-26-19(25)13-9-16(22)18(10-17(13)23)27-12-4-6-24(7-5-12)11-2-3-14(20)15(21)8-11;19-13-2-1-10(7-14(13)20)23-5-3-11(4-6-23)26-17-9-16(22)12(18(24)25)8-15(17)21;12-10-2-1-8(7-11(10)13)14-5-3-9(15)4-6-14;1-13-8(12)4-2-5(9)7(11)3-6(4)10;7-4-1-2-5(8)6(9)3-4;7-6-4-2-1-3-5-6/h1,4,9-11,13-14H,2-3,5-8H2,(H,26,28);2-3,8-10,12H,4-7H2,1H3;1-2,7-9,11H,3-6H2,(H,24,25);1-2,7,9,15H,3-6H2;2-3,11H,1H3;1-3H;6-7H,1-5H2. The lowest BCUT2D eigenvalue weighted by molar-refractivity contribution is 0.0586. The smallest absolute Gasteiger partial charge is 0.340 e. The Bertz CT molecular complexity index is 5520. The molecule has 20 nitrogen and oxygen atoms in total. The van der Waals surface area contributed by atoms with E-state index in [-0.39, 0.29) is 79.0 Å². The van der Waals surface area contributed by atoms with Gasteiger partial charge in [0, 0.05) is 142 Å². The van der Waals surface area contributed by atoms with Gasteiger partial charge in [-0.15, -0.1) is 0 Å². The molecule has 15 rings (SSSR count). The molecule has 4 aliphatic heterocycles. The number of benzene rings is 9. The van der Waals surface area contributed by atoms with Crippen molar-refractivity contribution in [2.24, 2.45) is 0 Å². The first-order valence-electron chi connectivity index (χ1n) is 40.1. The maximum Gasteiger partial charge on any atom is 0.340 e. The second-order valence-electron chi connectivity index (χ2n) is 29.9. The van der Waals surface area contributed by atoms with Crippen molar-refractivity contribution >= 4 is 235 Å². The van der Waals surface area contributed by atoms with E-state index in [1.165, 1.54) is 32.4 Å². The van der Waals surface area contributed by atoms with Crippen LogP contribution in [-0.2, 0) is 19.5 Å². The SMILES string of the molecule is COC(=O)c1cc(Cl)c(O)cc1F.COC(=O)c1cc(Cl)c(OC2CCN(c3ccc(Cl)c(Cl)c3)CC2)cc1F.Clc1ccc(Br)cc1Cl.O=C(NS(=O)(=O)C1CC1)c1cc(Cl)c(OC2CCN(c3ccc(Cl)c(Cl)c3)CC2)cc1F.O=C(O)c1cc(Cl)c(OC2CCN(c3ccc(Cl)c(Cl)c3)CC2)cc1F.OC1CCCCC1.OC1CCN(c2ccc(Cl)c(Cl)c2)CC1. The molecule has 0 radical (unpaired) electrons. The third kappa shape index (κ3) is 32.0. The molecule has 2 aliphatic carbocycles. The molecule has 0 spiro atoms. The fraction of sp³-hybridized carbons (Fsp3) is 0.348. The molecule has 129 heavy (non-hydrogen) atoms. The number of carbonyl (C=O) groups excluding carboxylic acids is 3. The van der Waals surface area contributed by atoms with Crippen LogP contribution in [0.2, 0.25) is 70.3 Å². The third-order valence-electron chi connectivity index (χ3n) is 20.8. The summed E-state index contributed by atoms with van der Waals surface area (Å²) in [6.45, 7) is 6.11. The number of esters is 2. The van der Waals surface area contributed by atoms with Crippen molar-refractivity contribution in [3.63, 3.8) is 0 Å². The molecule has 0 bridgehead atoms. The molecule has 0 unspecified atom stereocenters. The summed E-state index contributed by atoms with van der Waals surface area (Å²) >= 11 is 86.3. The average Bonchev–Trinajstić information content (AvgIpc) is 1.75. The van der Waals surface area contributed by atoms with Gasteiger partial charge in [0.15, 0.2) is 0 Å². The van der Waals surface area contributed by atoms with Crippen molar-refractivity contribution in [1.29, 1.82) is 0 Å². The van der Waals surface area contributed by atoms with Crippen LogP contribution in [0.5, 0.6) is 23.0 Å². The first kappa shape index (κ1) is 106. The number of sulfonamides is 1. The van der Waals surface area contributed by atoms with Crippen LogP contribution in [0.15, 0.2) is 144 Å². The maximum absolute atomic E-state index is 14.6. The number of halogens is 19. The summed E-state index contributed by atoms with van der Waals surface area (Å²) in [5.41, 5.74) is 2.57. The second-order valence-corrected chi connectivity index (χ2v) is 38.5. The van der Waals surface area contributed by atoms with Crippen molar-refractivity contribution in [1.82, 2.24) is 4.72 Å². The van der Waals surface area contributed by atoms with Crippen molar-refractivity contribution in [2.45, 2.75) is 132 Å². The van der Waals surface area contributed by atoms with Crippen LogP contribution in [-0.4, -0.2) is 155 Å². The van der Waals surface area contributed by atoms with Gasteiger partial charge in [-0.1, -0.05) is 198 Å². The van der Waals surface area contributed by atoms with Gasteiger partial charge in [0.05, 0.1) is 124 Å². The maximum atomic E-state index is 14.6. The summed E-state index contributed by atoms with van der Waals surface area (Å²) in [7, 11) is -1.48. The first-order valence-corrected chi connectivity index (χ1v) is 47.7.